The van der Waals surface area contributed by atoms with E-state index in [1.807, 2.05) is 6.20 Å². The van der Waals surface area contributed by atoms with Gasteiger partial charge in [0, 0.05) is 24.0 Å². The number of aromatic nitrogens is 2. The maximum Gasteiger partial charge on any atom is 0.0645 e. The molecule has 2 nitrogen and oxygen atoms in total. The quantitative estimate of drug-likeness (QED) is 0.715. The van der Waals surface area contributed by atoms with Crippen molar-refractivity contribution < 1.29 is 0 Å². The van der Waals surface area contributed by atoms with Crippen molar-refractivity contribution in [2.75, 3.05) is 0 Å². The molecule has 1 heterocycles. The van der Waals surface area contributed by atoms with Crippen molar-refractivity contribution in [1.29, 1.82) is 0 Å². The van der Waals surface area contributed by atoms with Gasteiger partial charge in [-0.15, -0.1) is 0 Å². The Bertz CT molecular complexity index is 258. The van der Waals surface area contributed by atoms with Crippen molar-refractivity contribution in [2.24, 2.45) is 0 Å². The Hall–Kier alpha value is -0.920. The SMILES string of the molecule is CCCCC(C)(CC)c1cnccn1. The Morgan fingerprint density at radius 2 is 2.07 bits per heavy atom. The first-order chi connectivity index (χ1) is 6.73. The average molecular weight is 192 g/mol. The molecule has 0 aliphatic carbocycles. The molecular weight excluding hydrogens is 172 g/mol. The van der Waals surface area contributed by atoms with Crippen LogP contribution in [0.3, 0.4) is 0 Å². The van der Waals surface area contributed by atoms with Gasteiger partial charge in [-0.25, -0.2) is 0 Å². The van der Waals surface area contributed by atoms with E-state index in [1.165, 1.54) is 19.3 Å². The zero-order chi connectivity index (χ0) is 10.4. The molecule has 0 saturated heterocycles. The van der Waals surface area contributed by atoms with E-state index in [9.17, 15) is 0 Å². The lowest BCUT2D eigenvalue weighted by molar-refractivity contribution is 0.391. The topological polar surface area (TPSA) is 25.8 Å². The highest BCUT2D eigenvalue weighted by Crippen LogP contribution is 2.30. The summed E-state index contributed by atoms with van der Waals surface area (Å²) in [7, 11) is 0. The molecule has 0 aliphatic heterocycles. The van der Waals surface area contributed by atoms with E-state index in [-0.39, 0.29) is 5.41 Å². The summed E-state index contributed by atoms with van der Waals surface area (Å²) in [5.74, 6) is 0. The van der Waals surface area contributed by atoms with Gasteiger partial charge in [0.2, 0.25) is 0 Å². The highest BCUT2D eigenvalue weighted by Gasteiger charge is 2.25. The molecule has 0 aliphatic rings. The Kier molecular flexibility index (Phi) is 4.05. The van der Waals surface area contributed by atoms with Gasteiger partial charge in [-0.2, -0.15) is 0 Å². The third kappa shape index (κ3) is 2.53. The molecule has 2 heteroatoms. The summed E-state index contributed by atoms with van der Waals surface area (Å²) in [6, 6.07) is 0. The summed E-state index contributed by atoms with van der Waals surface area (Å²) in [5, 5.41) is 0. The Morgan fingerprint density at radius 3 is 2.57 bits per heavy atom. The fourth-order valence-corrected chi connectivity index (χ4v) is 1.66. The minimum Gasteiger partial charge on any atom is -0.261 e. The zero-order valence-corrected chi connectivity index (χ0v) is 9.45. The summed E-state index contributed by atoms with van der Waals surface area (Å²) in [6.07, 6.45) is 10.3. The molecular formula is C12H20N2. The predicted octanol–water partition coefficient (Wildman–Crippen LogP) is 3.33. The van der Waals surface area contributed by atoms with Crippen molar-refractivity contribution in [1.82, 2.24) is 9.97 Å². The molecule has 0 aromatic carbocycles. The van der Waals surface area contributed by atoms with Crippen LogP contribution in [-0.2, 0) is 5.41 Å². The van der Waals surface area contributed by atoms with Gasteiger partial charge in [-0.3, -0.25) is 9.97 Å². The van der Waals surface area contributed by atoms with E-state index in [0.29, 0.717) is 0 Å². The molecule has 0 saturated carbocycles. The summed E-state index contributed by atoms with van der Waals surface area (Å²) < 4.78 is 0. The number of hydrogen-bond acceptors (Lipinski definition) is 2. The smallest absolute Gasteiger partial charge is 0.0645 e. The van der Waals surface area contributed by atoms with Crippen molar-refractivity contribution in [3.8, 4) is 0 Å². The molecule has 1 aromatic rings. The molecule has 14 heavy (non-hydrogen) atoms. The Morgan fingerprint density at radius 1 is 1.29 bits per heavy atom. The molecule has 0 fully saturated rings. The lowest BCUT2D eigenvalue weighted by atomic mass is 9.79. The van der Waals surface area contributed by atoms with E-state index < -0.39 is 0 Å². The molecule has 0 spiro atoms. The van der Waals surface area contributed by atoms with Gasteiger partial charge < -0.3 is 0 Å². The van der Waals surface area contributed by atoms with Crippen LogP contribution in [0.25, 0.3) is 0 Å². The first-order valence-corrected chi connectivity index (χ1v) is 5.49. The van der Waals surface area contributed by atoms with Crippen LogP contribution in [0.4, 0.5) is 0 Å². The van der Waals surface area contributed by atoms with Crippen molar-refractivity contribution in [3.05, 3.63) is 24.3 Å². The average Bonchev–Trinajstić information content (AvgIpc) is 2.27. The van der Waals surface area contributed by atoms with E-state index in [1.54, 1.807) is 12.4 Å². The molecule has 1 rings (SSSR count). The van der Waals surface area contributed by atoms with E-state index in [4.69, 9.17) is 0 Å². The molecule has 1 unspecified atom stereocenters. The number of hydrogen-bond donors (Lipinski definition) is 0. The third-order valence-electron chi connectivity index (χ3n) is 3.04. The second-order valence-electron chi connectivity index (χ2n) is 4.11. The standard InChI is InChI=1S/C12H20N2/c1-4-6-7-12(3,5-2)11-10-13-8-9-14-11/h8-10H,4-7H2,1-3H3. The molecule has 0 bridgehead atoms. The van der Waals surface area contributed by atoms with E-state index in [0.717, 1.165) is 12.1 Å². The van der Waals surface area contributed by atoms with Gasteiger partial charge >= 0.3 is 0 Å². The van der Waals surface area contributed by atoms with E-state index >= 15 is 0 Å². The van der Waals surface area contributed by atoms with Gasteiger partial charge in [0.1, 0.15) is 0 Å². The highest BCUT2D eigenvalue weighted by atomic mass is 14.8. The fourth-order valence-electron chi connectivity index (χ4n) is 1.66. The molecule has 1 aromatic heterocycles. The summed E-state index contributed by atoms with van der Waals surface area (Å²) in [4.78, 5) is 8.56. The largest absolute Gasteiger partial charge is 0.261 e. The molecule has 1 atom stereocenters. The maximum absolute atomic E-state index is 4.41. The highest BCUT2D eigenvalue weighted by molar-refractivity contribution is 5.10. The Balaban J connectivity index is 2.79. The van der Waals surface area contributed by atoms with Gasteiger partial charge in [-0.1, -0.05) is 33.6 Å². The van der Waals surface area contributed by atoms with E-state index in [2.05, 4.69) is 30.7 Å². The second kappa shape index (κ2) is 5.08. The number of rotatable bonds is 5. The van der Waals surface area contributed by atoms with Crippen LogP contribution in [0.5, 0.6) is 0 Å². The van der Waals surface area contributed by atoms with Crippen LogP contribution in [0.15, 0.2) is 18.6 Å². The number of unbranched alkanes of at least 4 members (excludes halogenated alkanes) is 1. The van der Waals surface area contributed by atoms with Crippen LogP contribution in [0.2, 0.25) is 0 Å². The summed E-state index contributed by atoms with van der Waals surface area (Å²) in [6.45, 7) is 6.74. The van der Waals surface area contributed by atoms with Gasteiger partial charge in [0.05, 0.1) is 5.69 Å². The molecule has 0 amide bonds. The van der Waals surface area contributed by atoms with Gasteiger partial charge in [0.25, 0.3) is 0 Å². The van der Waals surface area contributed by atoms with Crippen molar-refractivity contribution in [3.63, 3.8) is 0 Å². The minimum atomic E-state index is 0.213. The van der Waals surface area contributed by atoms with Crippen LogP contribution < -0.4 is 0 Å². The van der Waals surface area contributed by atoms with Gasteiger partial charge in [-0.05, 0) is 12.8 Å². The lowest BCUT2D eigenvalue weighted by Crippen LogP contribution is -2.22. The molecule has 78 valence electrons. The predicted molar refractivity (Wildman–Crippen MR) is 59.2 cm³/mol. The van der Waals surface area contributed by atoms with Crippen LogP contribution in [0, 0.1) is 0 Å². The second-order valence-corrected chi connectivity index (χ2v) is 4.11. The zero-order valence-electron chi connectivity index (χ0n) is 9.45. The Labute approximate surface area is 86.8 Å². The lowest BCUT2D eigenvalue weighted by Gasteiger charge is -2.27. The summed E-state index contributed by atoms with van der Waals surface area (Å²) in [5.41, 5.74) is 1.35. The first kappa shape index (κ1) is 11.2. The summed E-state index contributed by atoms with van der Waals surface area (Å²) >= 11 is 0. The molecule has 0 radical (unpaired) electrons. The monoisotopic (exact) mass is 192 g/mol. The first-order valence-electron chi connectivity index (χ1n) is 5.49. The van der Waals surface area contributed by atoms with Crippen LogP contribution in [-0.4, -0.2) is 9.97 Å². The molecule has 0 N–H and O–H groups in total. The minimum absolute atomic E-state index is 0.213. The van der Waals surface area contributed by atoms with Crippen LogP contribution >= 0.6 is 0 Å². The van der Waals surface area contributed by atoms with Crippen molar-refractivity contribution in [2.45, 2.75) is 51.9 Å². The van der Waals surface area contributed by atoms with Crippen LogP contribution in [0.1, 0.15) is 52.1 Å². The third-order valence-corrected chi connectivity index (χ3v) is 3.04. The van der Waals surface area contributed by atoms with Gasteiger partial charge in [0.15, 0.2) is 0 Å². The van der Waals surface area contributed by atoms with Crippen molar-refractivity contribution >= 4 is 0 Å². The normalized spacial score (nSPS) is 15.1. The number of nitrogens with zero attached hydrogens (tertiary/aromatic N) is 2. The fraction of sp³-hybridized carbons (Fsp3) is 0.667. The maximum atomic E-state index is 4.41.